The van der Waals surface area contributed by atoms with Crippen molar-refractivity contribution >= 4 is 5.91 Å². The van der Waals surface area contributed by atoms with E-state index in [4.69, 9.17) is 18.9 Å². The highest BCUT2D eigenvalue weighted by Gasteiger charge is 2.51. The average Bonchev–Trinajstić information content (AvgIpc) is 3.42. The zero-order valence-corrected chi connectivity index (χ0v) is 48.8. The number of carbonyl (C=O) groups is 1. The maximum atomic E-state index is 13.2. The molecular weight excluding hydrogens is 967 g/mol. The highest BCUT2D eigenvalue weighted by molar-refractivity contribution is 5.76. The number of ether oxygens (including phenoxy) is 4. The minimum absolute atomic E-state index is 0.201. The number of aliphatic hydroxyl groups excluding tert-OH is 8. The van der Waals surface area contributed by atoms with E-state index in [1.54, 1.807) is 0 Å². The third kappa shape index (κ3) is 33.7. The van der Waals surface area contributed by atoms with E-state index in [2.05, 4.69) is 19.2 Å². The maximum Gasteiger partial charge on any atom is 0.220 e. The molecule has 2 saturated heterocycles. The summed E-state index contributed by atoms with van der Waals surface area (Å²) in [6, 6.07) is -0.822. The Hall–Kier alpha value is -1.01. The molecule has 9 N–H and O–H groups in total. The first-order valence-corrected chi connectivity index (χ1v) is 32.3. The Balaban J connectivity index is 1.65. The van der Waals surface area contributed by atoms with Gasteiger partial charge in [0.15, 0.2) is 12.6 Å². The van der Waals surface area contributed by atoms with E-state index in [9.17, 15) is 45.6 Å². The maximum absolute atomic E-state index is 13.2. The summed E-state index contributed by atoms with van der Waals surface area (Å²) in [5, 5.41) is 87.3. The lowest BCUT2D eigenvalue weighted by Crippen LogP contribution is -2.65. The average molecular weight is 1090 g/mol. The van der Waals surface area contributed by atoms with Gasteiger partial charge in [-0.15, -0.1) is 0 Å². The number of hydrogen-bond acceptors (Lipinski definition) is 13. The topological polar surface area (TPSA) is 228 Å². The zero-order chi connectivity index (χ0) is 55.3. The monoisotopic (exact) mass is 1090 g/mol. The van der Waals surface area contributed by atoms with Gasteiger partial charge in [0, 0.05) is 6.42 Å². The number of rotatable bonds is 53. The standard InChI is InChI=1S/C62H121NO13/c1-3-5-7-9-11-13-15-17-18-19-20-21-22-23-24-25-26-27-28-29-30-31-32-34-35-37-39-41-43-45-51(66)50(63-54(67)46-44-42-40-38-36-33-16-14-12-10-8-6-4-2)49-73-61-59(72)57(70)60(53(48-65)75-61)76-62-58(71)56(69)55(68)52(47-64)74-62/h50-53,55-62,64-66,68-72H,3-49H2,1-2H3,(H,63,67). The van der Waals surface area contributed by atoms with Crippen molar-refractivity contribution < 1.29 is 64.6 Å². The Labute approximate surface area is 464 Å². The van der Waals surface area contributed by atoms with Gasteiger partial charge >= 0.3 is 0 Å². The third-order valence-corrected chi connectivity index (χ3v) is 16.3. The molecule has 0 aromatic rings. The molecule has 2 rings (SSSR count). The van der Waals surface area contributed by atoms with E-state index in [0.29, 0.717) is 12.8 Å². The molecule has 1 amide bonds. The van der Waals surface area contributed by atoms with Crippen LogP contribution in [0.25, 0.3) is 0 Å². The fourth-order valence-electron chi connectivity index (χ4n) is 11.1. The molecule has 2 fully saturated rings. The van der Waals surface area contributed by atoms with E-state index in [0.717, 1.165) is 51.4 Å². The zero-order valence-electron chi connectivity index (χ0n) is 48.8. The van der Waals surface area contributed by atoms with Crippen molar-refractivity contribution in [3.05, 3.63) is 0 Å². The van der Waals surface area contributed by atoms with Gasteiger partial charge in [-0.1, -0.05) is 277 Å². The van der Waals surface area contributed by atoms with E-state index < -0.39 is 86.8 Å². The molecule has 12 atom stereocenters. The van der Waals surface area contributed by atoms with Crippen molar-refractivity contribution in [1.29, 1.82) is 0 Å². The predicted octanol–water partition coefficient (Wildman–Crippen LogP) is 11.7. The van der Waals surface area contributed by atoms with Crippen LogP contribution < -0.4 is 5.32 Å². The predicted molar refractivity (Wildman–Crippen MR) is 305 cm³/mol. The van der Waals surface area contributed by atoms with Gasteiger partial charge in [0.1, 0.15) is 48.8 Å². The number of amides is 1. The minimum atomic E-state index is -1.78. The molecule has 76 heavy (non-hydrogen) atoms. The van der Waals surface area contributed by atoms with Gasteiger partial charge in [-0.05, 0) is 12.8 Å². The molecule has 0 spiro atoms. The first-order chi connectivity index (χ1) is 37.1. The van der Waals surface area contributed by atoms with Crippen molar-refractivity contribution in [2.24, 2.45) is 0 Å². The van der Waals surface area contributed by atoms with Crippen molar-refractivity contribution in [1.82, 2.24) is 5.32 Å². The largest absolute Gasteiger partial charge is 0.394 e. The van der Waals surface area contributed by atoms with E-state index >= 15 is 0 Å². The molecule has 12 unspecified atom stereocenters. The highest BCUT2D eigenvalue weighted by Crippen LogP contribution is 2.30. The van der Waals surface area contributed by atoms with Crippen LogP contribution in [0.5, 0.6) is 0 Å². The van der Waals surface area contributed by atoms with Crippen LogP contribution in [0, 0.1) is 0 Å². The van der Waals surface area contributed by atoms with Gasteiger partial charge < -0.3 is 65.1 Å². The number of nitrogens with one attached hydrogen (secondary N) is 1. The first kappa shape index (κ1) is 71.1. The number of carbonyl (C=O) groups excluding carboxylic acids is 1. The van der Waals surface area contributed by atoms with Gasteiger partial charge in [0.05, 0.1) is 32.0 Å². The molecule has 0 radical (unpaired) electrons. The molecule has 2 aliphatic heterocycles. The van der Waals surface area contributed by atoms with Crippen LogP contribution in [0.1, 0.15) is 296 Å². The molecule has 2 aliphatic rings. The Morgan fingerprint density at radius 2 is 0.750 bits per heavy atom. The van der Waals surface area contributed by atoms with Crippen LogP contribution in [0.4, 0.5) is 0 Å². The molecule has 14 heteroatoms. The molecule has 0 aromatic carbocycles. The number of hydrogen-bond donors (Lipinski definition) is 9. The van der Waals surface area contributed by atoms with E-state index in [1.807, 2.05) is 0 Å². The van der Waals surface area contributed by atoms with E-state index in [-0.39, 0.29) is 12.5 Å². The molecule has 452 valence electrons. The Morgan fingerprint density at radius 3 is 1.12 bits per heavy atom. The smallest absolute Gasteiger partial charge is 0.220 e. The molecule has 0 aromatic heterocycles. The third-order valence-electron chi connectivity index (χ3n) is 16.3. The minimum Gasteiger partial charge on any atom is -0.394 e. The lowest BCUT2D eigenvalue weighted by molar-refractivity contribution is -0.359. The molecule has 2 heterocycles. The Bertz CT molecular complexity index is 1280. The second-order valence-electron chi connectivity index (χ2n) is 23.3. The fourth-order valence-corrected chi connectivity index (χ4v) is 11.1. The molecule has 14 nitrogen and oxygen atoms in total. The Kier molecular flexibility index (Phi) is 45.5. The van der Waals surface area contributed by atoms with Crippen LogP contribution in [0.3, 0.4) is 0 Å². The lowest BCUT2D eigenvalue weighted by Gasteiger charge is -2.46. The van der Waals surface area contributed by atoms with Crippen molar-refractivity contribution in [3.8, 4) is 0 Å². The van der Waals surface area contributed by atoms with Crippen molar-refractivity contribution in [2.45, 2.75) is 370 Å². The summed E-state index contributed by atoms with van der Waals surface area (Å²) in [6.45, 7) is 2.90. The molecule has 0 bridgehead atoms. The number of unbranched alkanes of at least 4 members (excludes halogenated alkanes) is 40. The van der Waals surface area contributed by atoms with Gasteiger partial charge in [-0.2, -0.15) is 0 Å². The quantitative estimate of drug-likeness (QED) is 0.0259. The van der Waals surface area contributed by atoms with Gasteiger partial charge in [-0.25, -0.2) is 0 Å². The highest BCUT2D eigenvalue weighted by atomic mass is 16.7. The van der Waals surface area contributed by atoms with Crippen LogP contribution in [0.2, 0.25) is 0 Å². The molecule has 0 aliphatic carbocycles. The normalized spacial score (nSPS) is 24.8. The van der Waals surface area contributed by atoms with E-state index in [1.165, 1.54) is 218 Å². The lowest BCUT2D eigenvalue weighted by atomic mass is 9.97. The second-order valence-corrected chi connectivity index (χ2v) is 23.3. The molecular formula is C62H121NO13. The second kappa shape index (κ2) is 48.7. The summed E-state index contributed by atoms with van der Waals surface area (Å²) in [5.41, 5.74) is 0. The fraction of sp³-hybridized carbons (Fsp3) is 0.984. The summed E-state index contributed by atoms with van der Waals surface area (Å²) in [7, 11) is 0. The summed E-state index contributed by atoms with van der Waals surface area (Å²) in [5.74, 6) is -0.201. The van der Waals surface area contributed by atoms with Crippen LogP contribution in [-0.2, 0) is 23.7 Å². The SMILES string of the molecule is CCCCCCCCCCCCCCCCCCCCCCCCCCCCCCCC(O)C(COC1OC(CO)C(OC2OC(CO)C(O)C(O)C2O)C(O)C1O)NC(=O)CCCCCCCCCCCCCCC. The first-order valence-electron chi connectivity index (χ1n) is 32.3. The molecule has 0 saturated carbocycles. The van der Waals surface area contributed by atoms with Crippen LogP contribution in [-0.4, -0.2) is 140 Å². The summed E-state index contributed by atoms with van der Waals surface area (Å²) in [4.78, 5) is 13.2. The summed E-state index contributed by atoms with van der Waals surface area (Å²) < 4.78 is 22.9. The summed E-state index contributed by atoms with van der Waals surface area (Å²) >= 11 is 0. The van der Waals surface area contributed by atoms with Crippen molar-refractivity contribution in [2.75, 3.05) is 19.8 Å². The number of aliphatic hydroxyl groups is 8. The summed E-state index contributed by atoms with van der Waals surface area (Å²) in [6.07, 6.45) is 38.4. The van der Waals surface area contributed by atoms with Crippen LogP contribution >= 0.6 is 0 Å². The van der Waals surface area contributed by atoms with Gasteiger partial charge in [0.25, 0.3) is 0 Å². The Morgan fingerprint density at radius 1 is 0.421 bits per heavy atom. The van der Waals surface area contributed by atoms with Crippen molar-refractivity contribution in [3.63, 3.8) is 0 Å². The van der Waals surface area contributed by atoms with Crippen LogP contribution in [0.15, 0.2) is 0 Å². The van der Waals surface area contributed by atoms with Gasteiger partial charge in [0.2, 0.25) is 5.91 Å². The van der Waals surface area contributed by atoms with Gasteiger partial charge in [-0.3, -0.25) is 4.79 Å².